The summed E-state index contributed by atoms with van der Waals surface area (Å²) in [5.41, 5.74) is 8.22. The normalized spacial score (nSPS) is 16.0. The van der Waals surface area contributed by atoms with E-state index in [2.05, 4.69) is 25.5 Å². The van der Waals surface area contributed by atoms with Crippen LogP contribution in [0.5, 0.6) is 0 Å². The molecule has 7 heteroatoms. The second-order valence-electron chi connectivity index (χ2n) is 4.77. The molecule has 1 saturated heterocycles. The fourth-order valence-corrected chi connectivity index (χ4v) is 3.26. The van der Waals surface area contributed by atoms with Crippen LogP contribution in [-0.2, 0) is 6.54 Å². The summed E-state index contributed by atoms with van der Waals surface area (Å²) in [6.07, 6.45) is 1.87. The number of guanidine groups is 1. The lowest BCUT2D eigenvalue weighted by atomic mass is 10.3. The van der Waals surface area contributed by atoms with Crippen molar-refractivity contribution in [2.45, 2.75) is 6.54 Å². The molecule has 0 radical (unpaired) electrons. The zero-order valence-corrected chi connectivity index (χ0v) is 15.0. The van der Waals surface area contributed by atoms with E-state index >= 15 is 0 Å². The summed E-state index contributed by atoms with van der Waals surface area (Å²) in [6, 6.07) is 8.14. The summed E-state index contributed by atoms with van der Waals surface area (Å²) < 4.78 is 2.12. The summed E-state index contributed by atoms with van der Waals surface area (Å²) in [5, 5.41) is 0. The predicted octanol–water partition coefficient (Wildman–Crippen LogP) is 2.02. The first-order valence-corrected chi connectivity index (χ1v) is 8.02. The maximum atomic E-state index is 6.04. The molecule has 1 aliphatic rings. The topological polar surface area (TPSA) is 59.4 Å². The average Bonchev–Trinajstić information content (AvgIpc) is 2.92. The van der Waals surface area contributed by atoms with Gasteiger partial charge in [-0.05, 0) is 12.1 Å². The van der Waals surface area contributed by atoms with Gasteiger partial charge in [-0.2, -0.15) is 11.8 Å². The first-order chi connectivity index (χ1) is 9.84. The number of nitrogens with two attached hydrogens (primary N) is 1. The molecule has 2 aromatic rings. The molecule has 0 amide bonds. The van der Waals surface area contributed by atoms with Crippen molar-refractivity contribution in [2.24, 2.45) is 10.7 Å². The summed E-state index contributed by atoms with van der Waals surface area (Å²) in [5.74, 6) is 2.96. The van der Waals surface area contributed by atoms with E-state index in [-0.39, 0.29) is 24.0 Å². The molecule has 0 aliphatic carbocycles. The number of halogens is 1. The molecule has 0 atom stereocenters. The van der Waals surface area contributed by atoms with Crippen molar-refractivity contribution >= 4 is 52.7 Å². The van der Waals surface area contributed by atoms with Gasteiger partial charge >= 0.3 is 0 Å². The Morgan fingerprint density at radius 2 is 2.05 bits per heavy atom. The fourth-order valence-electron chi connectivity index (χ4n) is 2.35. The van der Waals surface area contributed by atoms with Gasteiger partial charge < -0.3 is 15.2 Å². The van der Waals surface area contributed by atoms with Gasteiger partial charge in [0.25, 0.3) is 0 Å². The second kappa shape index (κ2) is 7.88. The number of aliphatic imine (C=N–C) groups is 1. The Labute approximate surface area is 146 Å². The Morgan fingerprint density at radius 3 is 2.86 bits per heavy atom. The van der Waals surface area contributed by atoms with Crippen LogP contribution in [0.3, 0.4) is 0 Å². The highest BCUT2D eigenvalue weighted by Gasteiger charge is 2.11. The lowest BCUT2D eigenvalue weighted by molar-refractivity contribution is 0.455. The Balaban J connectivity index is 0.00000161. The molecule has 3 rings (SSSR count). The molecule has 0 unspecified atom stereocenters. The van der Waals surface area contributed by atoms with Gasteiger partial charge in [0.2, 0.25) is 0 Å². The fraction of sp³-hybridized carbons (Fsp3) is 0.429. The molecule has 1 aromatic heterocycles. The molecule has 2 heterocycles. The molecular formula is C14H20IN5S. The molecule has 1 fully saturated rings. The van der Waals surface area contributed by atoms with Crippen LogP contribution in [0.25, 0.3) is 11.0 Å². The van der Waals surface area contributed by atoms with E-state index in [4.69, 9.17) is 5.73 Å². The maximum Gasteiger partial charge on any atom is 0.191 e. The minimum atomic E-state index is 0. The van der Waals surface area contributed by atoms with Crippen LogP contribution < -0.4 is 5.73 Å². The number of aromatic nitrogens is 2. The quantitative estimate of drug-likeness (QED) is 0.472. The minimum absolute atomic E-state index is 0. The standard InChI is InChI=1S/C14H19N5S.HI/c15-14(18-7-9-20-10-8-18)16-5-6-19-11-17-12-3-1-2-4-13(12)19;/h1-4,11H,5-10H2,(H2,15,16);1H. The number of thioether (sulfide) groups is 1. The average molecular weight is 417 g/mol. The number of benzene rings is 1. The maximum absolute atomic E-state index is 6.04. The molecule has 114 valence electrons. The Kier molecular flexibility index (Phi) is 6.16. The highest BCUT2D eigenvalue weighted by Crippen LogP contribution is 2.11. The molecular weight excluding hydrogens is 397 g/mol. The van der Waals surface area contributed by atoms with Crippen LogP contribution in [0.2, 0.25) is 0 Å². The van der Waals surface area contributed by atoms with Crippen molar-refractivity contribution in [1.82, 2.24) is 14.5 Å². The van der Waals surface area contributed by atoms with E-state index in [0.717, 1.165) is 42.2 Å². The molecule has 5 nitrogen and oxygen atoms in total. The van der Waals surface area contributed by atoms with Crippen LogP contribution in [0.1, 0.15) is 0 Å². The summed E-state index contributed by atoms with van der Waals surface area (Å²) >= 11 is 1.97. The summed E-state index contributed by atoms with van der Waals surface area (Å²) in [7, 11) is 0. The number of nitrogens with zero attached hydrogens (tertiary/aromatic N) is 4. The van der Waals surface area contributed by atoms with Gasteiger partial charge in [-0.3, -0.25) is 4.99 Å². The van der Waals surface area contributed by atoms with E-state index < -0.39 is 0 Å². The Morgan fingerprint density at radius 1 is 1.29 bits per heavy atom. The second-order valence-corrected chi connectivity index (χ2v) is 5.99. The number of fused-ring (bicyclic) bond motifs is 1. The summed E-state index contributed by atoms with van der Waals surface area (Å²) in [4.78, 5) is 11.0. The first kappa shape index (κ1) is 16.4. The van der Waals surface area contributed by atoms with Crippen LogP contribution in [0.15, 0.2) is 35.6 Å². The van der Waals surface area contributed by atoms with E-state index in [9.17, 15) is 0 Å². The molecule has 0 bridgehead atoms. The first-order valence-electron chi connectivity index (χ1n) is 6.87. The SMILES string of the molecule is I.NC(=NCCn1cnc2ccccc21)N1CCSCC1. The summed E-state index contributed by atoms with van der Waals surface area (Å²) in [6.45, 7) is 3.52. The molecule has 0 spiro atoms. The largest absolute Gasteiger partial charge is 0.370 e. The lowest BCUT2D eigenvalue weighted by Gasteiger charge is -2.27. The van der Waals surface area contributed by atoms with Gasteiger partial charge in [0, 0.05) is 31.1 Å². The highest BCUT2D eigenvalue weighted by atomic mass is 127. The zero-order valence-electron chi connectivity index (χ0n) is 11.8. The van der Waals surface area contributed by atoms with Gasteiger partial charge in [-0.25, -0.2) is 4.98 Å². The van der Waals surface area contributed by atoms with Crippen LogP contribution in [0.4, 0.5) is 0 Å². The van der Waals surface area contributed by atoms with Crippen molar-refractivity contribution in [3.63, 3.8) is 0 Å². The minimum Gasteiger partial charge on any atom is -0.370 e. The Hall–Kier alpha value is -0.960. The van der Waals surface area contributed by atoms with Crippen molar-refractivity contribution in [3.8, 4) is 0 Å². The van der Waals surface area contributed by atoms with Gasteiger partial charge in [0.15, 0.2) is 5.96 Å². The van der Waals surface area contributed by atoms with Crippen LogP contribution in [-0.4, -0.2) is 51.6 Å². The van der Waals surface area contributed by atoms with E-state index in [1.807, 2.05) is 36.3 Å². The van der Waals surface area contributed by atoms with E-state index in [0.29, 0.717) is 12.5 Å². The number of rotatable bonds is 3. The van der Waals surface area contributed by atoms with Gasteiger partial charge in [0.1, 0.15) is 0 Å². The van der Waals surface area contributed by atoms with Crippen LogP contribution in [0, 0.1) is 0 Å². The van der Waals surface area contributed by atoms with Gasteiger partial charge in [-0.1, -0.05) is 12.1 Å². The number of hydrogen-bond donors (Lipinski definition) is 1. The van der Waals surface area contributed by atoms with E-state index in [1.54, 1.807) is 0 Å². The Bertz CT molecular complexity index is 606. The van der Waals surface area contributed by atoms with Crippen molar-refractivity contribution in [1.29, 1.82) is 0 Å². The molecule has 21 heavy (non-hydrogen) atoms. The predicted molar refractivity (Wildman–Crippen MR) is 101 cm³/mol. The van der Waals surface area contributed by atoms with Crippen LogP contribution >= 0.6 is 35.7 Å². The third-order valence-corrected chi connectivity index (χ3v) is 4.42. The van der Waals surface area contributed by atoms with Crippen molar-refractivity contribution in [2.75, 3.05) is 31.1 Å². The van der Waals surface area contributed by atoms with E-state index in [1.165, 1.54) is 0 Å². The number of para-hydroxylation sites is 2. The third-order valence-electron chi connectivity index (χ3n) is 3.48. The third kappa shape index (κ3) is 4.03. The van der Waals surface area contributed by atoms with Crippen molar-refractivity contribution < 1.29 is 0 Å². The molecule has 1 aliphatic heterocycles. The zero-order chi connectivity index (χ0) is 13.8. The molecule has 0 saturated carbocycles. The van der Waals surface area contributed by atoms with Gasteiger partial charge in [0.05, 0.1) is 23.9 Å². The lowest BCUT2D eigenvalue weighted by Crippen LogP contribution is -2.42. The van der Waals surface area contributed by atoms with Gasteiger partial charge in [-0.15, -0.1) is 24.0 Å². The molecule has 1 aromatic carbocycles. The molecule has 2 N–H and O–H groups in total. The number of hydrogen-bond acceptors (Lipinski definition) is 3. The van der Waals surface area contributed by atoms with Crippen molar-refractivity contribution in [3.05, 3.63) is 30.6 Å². The number of imidazole rings is 1. The monoisotopic (exact) mass is 417 g/mol. The smallest absolute Gasteiger partial charge is 0.191 e. The highest BCUT2D eigenvalue weighted by molar-refractivity contribution is 14.0.